The molecule has 0 saturated heterocycles. The summed E-state index contributed by atoms with van der Waals surface area (Å²) in [6.45, 7) is 6.18. The van der Waals surface area contributed by atoms with Crippen molar-refractivity contribution >= 4 is 0 Å². The molecule has 0 aromatic carbocycles. The number of hydrogen-bond donors (Lipinski definition) is 1. The fourth-order valence-corrected chi connectivity index (χ4v) is 1.66. The van der Waals surface area contributed by atoms with Gasteiger partial charge in [0.1, 0.15) is 5.76 Å². The van der Waals surface area contributed by atoms with Gasteiger partial charge in [-0.25, -0.2) is 0 Å². The Morgan fingerprint density at radius 1 is 1.54 bits per heavy atom. The molecule has 1 saturated carbocycles. The maximum absolute atomic E-state index is 6.18. The molecule has 0 unspecified atom stereocenters. The van der Waals surface area contributed by atoms with E-state index in [9.17, 15) is 0 Å². The van der Waals surface area contributed by atoms with E-state index in [1.54, 1.807) is 0 Å². The molecule has 3 nitrogen and oxygen atoms in total. The predicted molar refractivity (Wildman–Crippen MR) is 50.4 cm³/mol. The SMILES string of the molecule is Cc1cc(C(C)(C)C2(N)CC2)on1. The molecular formula is C10H16N2O. The highest BCUT2D eigenvalue weighted by atomic mass is 16.5. The van der Waals surface area contributed by atoms with Crippen LogP contribution in [0.2, 0.25) is 0 Å². The van der Waals surface area contributed by atoms with Crippen molar-refractivity contribution in [2.45, 2.75) is 44.6 Å². The monoisotopic (exact) mass is 180 g/mol. The van der Waals surface area contributed by atoms with Crippen LogP contribution >= 0.6 is 0 Å². The van der Waals surface area contributed by atoms with Crippen LogP contribution in [0.15, 0.2) is 10.6 Å². The predicted octanol–water partition coefficient (Wildman–Crippen LogP) is 1.75. The molecule has 0 radical (unpaired) electrons. The number of nitrogens with two attached hydrogens (primary N) is 1. The Kier molecular flexibility index (Phi) is 1.58. The minimum atomic E-state index is -0.0890. The lowest BCUT2D eigenvalue weighted by Gasteiger charge is -2.28. The Morgan fingerprint density at radius 2 is 2.15 bits per heavy atom. The van der Waals surface area contributed by atoms with Crippen molar-refractivity contribution in [3.63, 3.8) is 0 Å². The maximum atomic E-state index is 6.18. The Hall–Kier alpha value is -0.830. The summed E-state index contributed by atoms with van der Waals surface area (Å²) in [6, 6.07) is 1.98. The molecule has 2 rings (SSSR count). The standard InChI is InChI=1S/C10H16N2O/c1-7-6-8(13-12-7)9(2,3)10(11)4-5-10/h6H,4-5,11H2,1-3H3. The van der Waals surface area contributed by atoms with E-state index in [0.717, 1.165) is 24.3 Å². The Bertz CT molecular complexity index is 323. The van der Waals surface area contributed by atoms with Gasteiger partial charge in [-0.2, -0.15) is 0 Å². The van der Waals surface area contributed by atoms with Gasteiger partial charge in [-0.05, 0) is 19.8 Å². The second-order valence-electron chi connectivity index (χ2n) is 4.61. The maximum Gasteiger partial charge on any atom is 0.144 e. The van der Waals surface area contributed by atoms with E-state index in [2.05, 4.69) is 19.0 Å². The minimum Gasteiger partial charge on any atom is -0.361 e. The van der Waals surface area contributed by atoms with Crippen LogP contribution in [0, 0.1) is 6.92 Å². The van der Waals surface area contributed by atoms with Gasteiger partial charge in [0.15, 0.2) is 0 Å². The van der Waals surface area contributed by atoms with Crippen LogP contribution in [0.5, 0.6) is 0 Å². The zero-order chi connectivity index (χ0) is 9.69. The van der Waals surface area contributed by atoms with Crippen molar-refractivity contribution in [3.8, 4) is 0 Å². The van der Waals surface area contributed by atoms with Gasteiger partial charge in [0, 0.05) is 17.0 Å². The average Bonchev–Trinajstić information content (AvgIpc) is 2.63. The molecular weight excluding hydrogens is 164 g/mol. The first kappa shape index (κ1) is 8.75. The van der Waals surface area contributed by atoms with Crippen molar-refractivity contribution in [2.75, 3.05) is 0 Å². The molecule has 1 heterocycles. The molecule has 13 heavy (non-hydrogen) atoms. The molecule has 3 heteroatoms. The van der Waals surface area contributed by atoms with Gasteiger partial charge in [0.05, 0.1) is 5.69 Å². The third kappa shape index (κ3) is 1.18. The van der Waals surface area contributed by atoms with Gasteiger partial charge in [-0.1, -0.05) is 19.0 Å². The van der Waals surface area contributed by atoms with E-state index < -0.39 is 0 Å². The summed E-state index contributed by atoms with van der Waals surface area (Å²) in [5, 5.41) is 3.89. The first-order chi connectivity index (χ1) is 5.96. The van der Waals surface area contributed by atoms with Crippen molar-refractivity contribution in [1.82, 2.24) is 5.16 Å². The number of nitrogens with zero attached hydrogens (tertiary/aromatic N) is 1. The topological polar surface area (TPSA) is 52.0 Å². The van der Waals surface area contributed by atoms with Crippen molar-refractivity contribution in [3.05, 3.63) is 17.5 Å². The zero-order valence-electron chi connectivity index (χ0n) is 8.42. The average molecular weight is 180 g/mol. The number of aryl methyl sites for hydroxylation is 1. The molecule has 1 aromatic rings. The molecule has 0 amide bonds. The van der Waals surface area contributed by atoms with Gasteiger partial charge in [0.25, 0.3) is 0 Å². The van der Waals surface area contributed by atoms with Crippen LogP contribution in [0.25, 0.3) is 0 Å². The Labute approximate surface area is 78.3 Å². The molecule has 1 aliphatic rings. The smallest absolute Gasteiger partial charge is 0.144 e. The molecule has 1 aromatic heterocycles. The molecule has 72 valence electrons. The highest BCUT2D eigenvalue weighted by Crippen LogP contribution is 2.49. The lowest BCUT2D eigenvalue weighted by Crippen LogP contribution is -2.43. The molecule has 0 bridgehead atoms. The summed E-state index contributed by atoms with van der Waals surface area (Å²) >= 11 is 0. The summed E-state index contributed by atoms with van der Waals surface area (Å²) in [4.78, 5) is 0. The Morgan fingerprint density at radius 3 is 2.54 bits per heavy atom. The van der Waals surface area contributed by atoms with E-state index >= 15 is 0 Å². The Balaban J connectivity index is 2.34. The van der Waals surface area contributed by atoms with Crippen LogP contribution < -0.4 is 5.73 Å². The molecule has 2 N–H and O–H groups in total. The fourth-order valence-electron chi connectivity index (χ4n) is 1.66. The van der Waals surface area contributed by atoms with Crippen molar-refractivity contribution in [1.29, 1.82) is 0 Å². The molecule has 1 aliphatic carbocycles. The highest BCUT2D eigenvalue weighted by Gasteiger charge is 2.53. The third-order valence-corrected chi connectivity index (χ3v) is 3.28. The number of hydrogen-bond acceptors (Lipinski definition) is 3. The van der Waals surface area contributed by atoms with E-state index in [1.165, 1.54) is 0 Å². The van der Waals surface area contributed by atoms with Crippen LogP contribution in [-0.2, 0) is 5.41 Å². The first-order valence-electron chi connectivity index (χ1n) is 4.68. The molecule has 0 aliphatic heterocycles. The van der Waals surface area contributed by atoms with E-state index in [0.29, 0.717) is 0 Å². The first-order valence-corrected chi connectivity index (χ1v) is 4.68. The summed E-state index contributed by atoms with van der Waals surface area (Å²) in [5.74, 6) is 0.907. The fraction of sp³-hybridized carbons (Fsp3) is 0.700. The normalized spacial score (nSPS) is 20.3. The van der Waals surface area contributed by atoms with Gasteiger partial charge >= 0.3 is 0 Å². The quantitative estimate of drug-likeness (QED) is 0.754. The minimum absolute atomic E-state index is 0.0705. The van der Waals surface area contributed by atoms with Gasteiger partial charge in [0.2, 0.25) is 0 Å². The van der Waals surface area contributed by atoms with Gasteiger partial charge in [-0.15, -0.1) is 0 Å². The lowest BCUT2D eigenvalue weighted by molar-refractivity contribution is 0.272. The molecule has 0 spiro atoms. The second-order valence-corrected chi connectivity index (χ2v) is 4.61. The largest absolute Gasteiger partial charge is 0.361 e. The third-order valence-electron chi connectivity index (χ3n) is 3.28. The zero-order valence-corrected chi connectivity index (χ0v) is 8.42. The van der Waals surface area contributed by atoms with Crippen LogP contribution in [0.4, 0.5) is 0 Å². The summed E-state index contributed by atoms with van der Waals surface area (Å²) in [6.07, 6.45) is 2.17. The van der Waals surface area contributed by atoms with Crippen molar-refractivity contribution in [2.24, 2.45) is 5.73 Å². The van der Waals surface area contributed by atoms with E-state index in [4.69, 9.17) is 10.3 Å². The summed E-state index contributed by atoms with van der Waals surface area (Å²) in [7, 11) is 0. The number of rotatable bonds is 2. The molecule has 1 fully saturated rings. The lowest BCUT2D eigenvalue weighted by atomic mass is 9.80. The number of aromatic nitrogens is 1. The second kappa shape index (κ2) is 2.35. The van der Waals surface area contributed by atoms with Gasteiger partial charge < -0.3 is 10.3 Å². The van der Waals surface area contributed by atoms with E-state index in [1.807, 2.05) is 13.0 Å². The van der Waals surface area contributed by atoms with Gasteiger partial charge in [-0.3, -0.25) is 0 Å². The highest BCUT2D eigenvalue weighted by molar-refractivity contribution is 5.25. The van der Waals surface area contributed by atoms with E-state index in [-0.39, 0.29) is 11.0 Å². The van der Waals surface area contributed by atoms with Crippen LogP contribution in [0.1, 0.15) is 38.1 Å². The van der Waals surface area contributed by atoms with Crippen LogP contribution in [0.3, 0.4) is 0 Å². The van der Waals surface area contributed by atoms with Crippen molar-refractivity contribution < 1.29 is 4.52 Å². The van der Waals surface area contributed by atoms with Crippen LogP contribution in [-0.4, -0.2) is 10.7 Å². The molecule has 0 atom stereocenters. The summed E-state index contributed by atoms with van der Waals surface area (Å²) < 4.78 is 5.27. The summed E-state index contributed by atoms with van der Waals surface area (Å²) in [5.41, 5.74) is 6.94.